The molecule has 1 saturated carbocycles. The van der Waals surface area contributed by atoms with Crippen LogP contribution in [0.15, 0.2) is 24.3 Å². The summed E-state index contributed by atoms with van der Waals surface area (Å²) in [5, 5.41) is 6.06. The summed E-state index contributed by atoms with van der Waals surface area (Å²) in [6.07, 6.45) is 3.40. The topological polar surface area (TPSA) is 110 Å². The number of anilines is 2. The van der Waals surface area contributed by atoms with Crippen LogP contribution in [0.5, 0.6) is 0 Å². The van der Waals surface area contributed by atoms with Crippen LogP contribution in [0.4, 0.5) is 11.5 Å². The molecule has 2 aromatic rings. The van der Waals surface area contributed by atoms with E-state index in [2.05, 4.69) is 20.6 Å². The van der Waals surface area contributed by atoms with Crippen molar-refractivity contribution in [3.05, 3.63) is 46.9 Å². The van der Waals surface area contributed by atoms with E-state index in [4.69, 9.17) is 5.73 Å². The van der Waals surface area contributed by atoms with E-state index >= 15 is 0 Å². The molecule has 7 nitrogen and oxygen atoms in total. The molecular weight excluding hydrogens is 342 g/mol. The second-order valence-electron chi connectivity index (χ2n) is 6.81. The summed E-state index contributed by atoms with van der Waals surface area (Å²) < 4.78 is 0. The van der Waals surface area contributed by atoms with Gasteiger partial charge in [-0.3, -0.25) is 9.59 Å². The highest BCUT2D eigenvalue weighted by atomic mass is 16.2. The zero-order valence-corrected chi connectivity index (χ0v) is 15.7. The fourth-order valence-electron chi connectivity index (χ4n) is 2.95. The number of carbonyl (C=O) groups excluding carboxylic acids is 2. The molecule has 0 atom stereocenters. The minimum absolute atomic E-state index is 0.0397. The molecule has 1 aromatic carbocycles. The van der Waals surface area contributed by atoms with Crippen molar-refractivity contribution in [2.24, 2.45) is 5.73 Å². The molecule has 0 spiro atoms. The van der Waals surface area contributed by atoms with E-state index in [1.54, 1.807) is 0 Å². The van der Waals surface area contributed by atoms with Gasteiger partial charge in [-0.1, -0.05) is 19.1 Å². The van der Waals surface area contributed by atoms with Gasteiger partial charge in [0.05, 0.1) is 11.4 Å². The maximum atomic E-state index is 11.8. The smallest absolute Gasteiger partial charge is 0.271 e. The van der Waals surface area contributed by atoms with Gasteiger partial charge in [-0.05, 0) is 43.9 Å². The quantitative estimate of drug-likeness (QED) is 0.664. The number of hydrogen-bond donors (Lipinski definition) is 3. The highest BCUT2D eigenvalue weighted by Gasteiger charge is 2.29. The molecule has 1 heterocycles. The minimum atomic E-state index is -0.603. The number of carbonyl (C=O) groups is 2. The molecule has 1 fully saturated rings. The molecule has 142 valence electrons. The second kappa shape index (κ2) is 8.16. The molecule has 0 aliphatic heterocycles. The van der Waals surface area contributed by atoms with Crippen molar-refractivity contribution in [2.45, 2.75) is 45.4 Å². The number of aryl methyl sites for hydroxylation is 1. The number of primary amides is 1. The first-order valence-corrected chi connectivity index (χ1v) is 9.29. The lowest BCUT2D eigenvalue weighted by atomic mass is 10.1. The van der Waals surface area contributed by atoms with Crippen molar-refractivity contribution in [1.29, 1.82) is 0 Å². The van der Waals surface area contributed by atoms with E-state index in [1.807, 2.05) is 38.1 Å². The summed E-state index contributed by atoms with van der Waals surface area (Å²) in [7, 11) is 0. The summed E-state index contributed by atoms with van der Waals surface area (Å²) in [4.78, 5) is 32.2. The van der Waals surface area contributed by atoms with E-state index in [-0.39, 0.29) is 11.6 Å². The molecule has 4 N–H and O–H groups in total. The zero-order valence-electron chi connectivity index (χ0n) is 15.7. The first-order valence-electron chi connectivity index (χ1n) is 9.29. The standard InChI is InChI=1S/C20H25N5O2/c1-3-16(26)22-10-9-13-5-4-6-15(11-13)24-20-18(19(21)27)23-12(2)17(25-20)14-7-8-14/h4-6,11,14H,3,7-10H2,1-2H3,(H2,21,27)(H,22,26)(H,24,25). The molecule has 0 radical (unpaired) electrons. The van der Waals surface area contributed by atoms with Crippen molar-refractivity contribution in [1.82, 2.24) is 15.3 Å². The molecule has 0 bridgehead atoms. The number of nitrogens with one attached hydrogen (secondary N) is 2. The molecule has 1 aliphatic rings. The molecule has 0 saturated heterocycles. The number of amides is 2. The van der Waals surface area contributed by atoms with Crippen molar-refractivity contribution in [3.63, 3.8) is 0 Å². The molecule has 0 unspecified atom stereocenters. The van der Waals surface area contributed by atoms with Crippen LogP contribution in [-0.2, 0) is 11.2 Å². The SMILES string of the molecule is CCC(=O)NCCc1cccc(Nc2nc(C3CC3)c(C)nc2C(N)=O)c1. The first-order chi connectivity index (χ1) is 13.0. The third kappa shape index (κ3) is 4.81. The molecular formula is C20H25N5O2. The highest BCUT2D eigenvalue weighted by Crippen LogP contribution is 2.40. The Labute approximate surface area is 158 Å². The summed E-state index contributed by atoms with van der Waals surface area (Å²) in [5.74, 6) is 0.256. The van der Waals surface area contributed by atoms with Crippen LogP contribution in [0.2, 0.25) is 0 Å². The van der Waals surface area contributed by atoms with E-state index in [0.29, 0.717) is 24.7 Å². The summed E-state index contributed by atoms with van der Waals surface area (Å²) in [6, 6.07) is 7.79. The Kier molecular flexibility index (Phi) is 5.69. The lowest BCUT2D eigenvalue weighted by Gasteiger charge is -2.13. The Balaban J connectivity index is 1.78. The van der Waals surface area contributed by atoms with Gasteiger partial charge >= 0.3 is 0 Å². The largest absolute Gasteiger partial charge is 0.364 e. The van der Waals surface area contributed by atoms with E-state index < -0.39 is 5.91 Å². The van der Waals surface area contributed by atoms with Crippen molar-refractivity contribution in [2.75, 3.05) is 11.9 Å². The molecule has 2 amide bonds. The van der Waals surface area contributed by atoms with Gasteiger partial charge in [-0.15, -0.1) is 0 Å². The molecule has 27 heavy (non-hydrogen) atoms. The Morgan fingerprint density at radius 3 is 2.70 bits per heavy atom. The maximum Gasteiger partial charge on any atom is 0.271 e. The molecule has 1 aliphatic carbocycles. The third-order valence-corrected chi connectivity index (χ3v) is 4.55. The van der Waals surface area contributed by atoms with Gasteiger partial charge in [0.2, 0.25) is 5.91 Å². The van der Waals surface area contributed by atoms with E-state index in [0.717, 1.165) is 41.9 Å². The first kappa shape index (κ1) is 18.8. The van der Waals surface area contributed by atoms with Crippen molar-refractivity contribution in [3.8, 4) is 0 Å². The van der Waals surface area contributed by atoms with Crippen molar-refractivity contribution >= 4 is 23.3 Å². The average molecular weight is 367 g/mol. The Bertz CT molecular complexity index is 861. The predicted octanol–water partition coefficient (Wildman–Crippen LogP) is 2.57. The van der Waals surface area contributed by atoms with Gasteiger partial charge in [0.25, 0.3) is 5.91 Å². The van der Waals surface area contributed by atoms with Crippen LogP contribution in [0.25, 0.3) is 0 Å². The molecule has 3 rings (SSSR count). The van der Waals surface area contributed by atoms with Crippen molar-refractivity contribution < 1.29 is 9.59 Å². The van der Waals surface area contributed by atoms with E-state index in [9.17, 15) is 9.59 Å². The van der Waals surface area contributed by atoms with Crippen LogP contribution in [-0.4, -0.2) is 28.3 Å². The number of nitrogens with two attached hydrogens (primary N) is 1. The van der Waals surface area contributed by atoms with Crippen LogP contribution in [0.3, 0.4) is 0 Å². The Hall–Kier alpha value is -2.96. The normalized spacial score (nSPS) is 13.3. The maximum absolute atomic E-state index is 11.8. The second-order valence-corrected chi connectivity index (χ2v) is 6.81. The van der Waals surface area contributed by atoms with Gasteiger partial charge in [-0.25, -0.2) is 9.97 Å². The zero-order chi connectivity index (χ0) is 19.4. The Morgan fingerprint density at radius 2 is 2.04 bits per heavy atom. The number of aromatic nitrogens is 2. The number of rotatable bonds is 8. The number of nitrogens with zero attached hydrogens (tertiary/aromatic N) is 2. The van der Waals surface area contributed by atoms with Crippen LogP contribution in [0, 0.1) is 6.92 Å². The minimum Gasteiger partial charge on any atom is -0.364 e. The van der Waals surface area contributed by atoms with Gasteiger partial charge in [0, 0.05) is 24.6 Å². The summed E-state index contributed by atoms with van der Waals surface area (Å²) >= 11 is 0. The van der Waals surface area contributed by atoms with Gasteiger partial charge in [0.15, 0.2) is 11.5 Å². The fourth-order valence-corrected chi connectivity index (χ4v) is 2.95. The molecule has 1 aromatic heterocycles. The predicted molar refractivity (Wildman–Crippen MR) is 104 cm³/mol. The molecule has 7 heteroatoms. The average Bonchev–Trinajstić information content (AvgIpc) is 3.48. The Morgan fingerprint density at radius 1 is 1.26 bits per heavy atom. The van der Waals surface area contributed by atoms with Gasteiger partial charge in [0.1, 0.15) is 0 Å². The number of hydrogen-bond acceptors (Lipinski definition) is 5. The van der Waals surface area contributed by atoms with Crippen LogP contribution < -0.4 is 16.4 Å². The highest BCUT2D eigenvalue weighted by molar-refractivity contribution is 5.96. The summed E-state index contributed by atoms with van der Waals surface area (Å²) in [5.41, 5.74) is 9.21. The van der Waals surface area contributed by atoms with Gasteiger partial charge < -0.3 is 16.4 Å². The van der Waals surface area contributed by atoms with Crippen LogP contribution >= 0.6 is 0 Å². The lowest BCUT2D eigenvalue weighted by molar-refractivity contribution is -0.120. The fraction of sp³-hybridized carbons (Fsp3) is 0.400. The number of benzene rings is 1. The van der Waals surface area contributed by atoms with Crippen LogP contribution in [0.1, 0.15) is 59.5 Å². The lowest BCUT2D eigenvalue weighted by Crippen LogP contribution is -2.24. The third-order valence-electron chi connectivity index (χ3n) is 4.55. The summed E-state index contributed by atoms with van der Waals surface area (Å²) in [6.45, 7) is 4.27. The monoisotopic (exact) mass is 367 g/mol. The van der Waals surface area contributed by atoms with Gasteiger partial charge in [-0.2, -0.15) is 0 Å². The van der Waals surface area contributed by atoms with E-state index in [1.165, 1.54) is 0 Å².